The second-order valence-electron chi connectivity index (χ2n) is 4.80. The Labute approximate surface area is 106 Å². The first kappa shape index (κ1) is 12.8. The molecule has 0 aliphatic rings. The fourth-order valence-corrected chi connectivity index (χ4v) is 1.96. The van der Waals surface area contributed by atoms with Gasteiger partial charge in [0.05, 0.1) is 11.4 Å². The summed E-state index contributed by atoms with van der Waals surface area (Å²) in [6.07, 6.45) is 1.84. The van der Waals surface area contributed by atoms with Gasteiger partial charge in [-0.25, -0.2) is 9.07 Å². The zero-order valence-electron chi connectivity index (χ0n) is 10.9. The van der Waals surface area contributed by atoms with Crippen LogP contribution < -0.4 is 5.73 Å². The van der Waals surface area contributed by atoms with Crippen molar-refractivity contribution >= 4 is 0 Å². The Hall–Kier alpha value is -1.68. The van der Waals surface area contributed by atoms with Crippen molar-refractivity contribution in [1.29, 1.82) is 0 Å². The van der Waals surface area contributed by atoms with Crippen LogP contribution in [0.5, 0.6) is 0 Å². The van der Waals surface area contributed by atoms with Crippen LogP contribution in [-0.2, 0) is 0 Å². The van der Waals surface area contributed by atoms with E-state index in [2.05, 4.69) is 18.9 Å². The molecule has 0 amide bonds. The largest absolute Gasteiger partial charge is 0.324 e. The summed E-state index contributed by atoms with van der Waals surface area (Å²) in [6, 6.07) is 6.51. The number of nitrogens with zero attached hydrogens (tertiary/aromatic N) is 2. The summed E-state index contributed by atoms with van der Waals surface area (Å²) < 4.78 is 15.5. The summed E-state index contributed by atoms with van der Waals surface area (Å²) in [5.74, 6) is 0.0580. The Kier molecular flexibility index (Phi) is 3.48. The number of rotatable bonds is 3. The maximum absolute atomic E-state index is 13.8. The van der Waals surface area contributed by atoms with Gasteiger partial charge in [0, 0.05) is 17.8 Å². The highest BCUT2D eigenvalue weighted by Gasteiger charge is 2.15. The number of aromatic nitrogens is 2. The molecule has 1 atom stereocenters. The molecular formula is C14H18FN3. The van der Waals surface area contributed by atoms with Gasteiger partial charge in [0.2, 0.25) is 0 Å². The van der Waals surface area contributed by atoms with Gasteiger partial charge in [-0.3, -0.25) is 0 Å². The second-order valence-corrected chi connectivity index (χ2v) is 4.80. The molecule has 3 nitrogen and oxygen atoms in total. The first-order valence-corrected chi connectivity index (χ1v) is 6.10. The van der Waals surface area contributed by atoms with Crippen molar-refractivity contribution in [2.45, 2.75) is 32.7 Å². The Morgan fingerprint density at radius 3 is 2.50 bits per heavy atom. The van der Waals surface area contributed by atoms with Crippen molar-refractivity contribution < 1.29 is 4.39 Å². The summed E-state index contributed by atoms with van der Waals surface area (Å²) in [5, 5.41) is 4.46. The van der Waals surface area contributed by atoms with Gasteiger partial charge in [0.15, 0.2) is 0 Å². The molecule has 4 heteroatoms. The minimum absolute atomic E-state index is 0.288. The molecule has 0 spiro atoms. The van der Waals surface area contributed by atoms with Gasteiger partial charge >= 0.3 is 0 Å². The number of benzene rings is 1. The van der Waals surface area contributed by atoms with Gasteiger partial charge < -0.3 is 5.73 Å². The van der Waals surface area contributed by atoms with Crippen LogP contribution in [0.1, 0.15) is 44.0 Å². The summed E-state index contributed by atoms with van der Waals surface area (Å²) in [6.45, 7) is 5.92. The second kappa shape index (κ2) is 4.90. The van der Waals surface area contributed by atoms with E-state index in [9.17, 15) is 4.39 Å². The van der Waals surface area contributed by atoms with Crippen LogP contribution in [-0.4, -0.2) is 9.78 Å². The van der Waals surface area contributed by atoms with Gasteiger partial charge in [-0.15, -0.1) is 0 Å². The number of halogens is 1. The van der Waals surface area contributed by atoms with Gasteiger partial charge in [0.25, 0.3) is 0 Å². The maximum Gasteiger partial charge on any atom is 0.130 e. The first-order valence-electron chi connectivity index (χ1n) is 6.10. The molecule has 18 heavy (non-hydrogen) atoms. The van der Waals surface area contributed by atoms with Crippen molar-refractivity contribution in [2.75, 3.05) is 0 Å². The topological polar surface area (TPSA) is 43.8 Å². The highest BCUT2D eigenvalue weighted by atomic mass is 19.1. The predicted octanol–water partition coefficient (Wildman–Crippen LogP) is 3.15. The molecule has 0 radical (unpaired) electrons. The lowest BCUT2D eigenvalue weighted by Crippen LogP contribution is -2.12. The predicted molar refractivity (Wildman–Crippen MR) is 70.2 cm³/mol. The van der Waals surface area contributed by atoms with Crippen molar-refractivity contribution in [2.24, 2.45) is 5.73 Å². The highest BCUT2D eigenvalue weighted by molar-refractivity contribution is 5.43. The number of nitrogens with two attached hydrogens (primary N) is 1. The molecule has 0 aliphatic carbocycles. The zero-order valence-corrected chi connectivity index (χ0v) is 10.9. The van der Waals surface area contributed by atoms with Crippen LogP contribution in [0.4, 0.5) is 4.39 Å². The fraction of sp³-hybridized carbons (Fsp3) is 0.357. The highest BCUT2D eigenvalue weighted by Crippen LogP contribution is 2.23. The van der Waals surface area contributed by atoms with E-state index in [1.165, 1.54) is 6.07 Å². The van der Waals surface area contributed by atoms with Gasteiger partial charge in [-0.2, -0.15) is 5.10 Å². The van der Waals surface area contributed by atoms with Crippen LogP contribution in [0.25, 0.3) is 5.69 Å². The van der Waals surface area contributed by atoms with Crippen LogP contribution in [0.15, 0.2) is 30.5 Å². The summed E-state index contributed by atoms with van der Waals surface area (Å²) >= 11 is 0. The summed E-state index contributed by atoms with van der Waals surface area (Å²) in [7, 11) is 0. The lowest BCUT2D eigenvalue weighted by atomic mass is 10.1. The Balaban J connectivity index is 2.53. The van der Waals surface area contributed by atoms with E-state index < -0.39 is 0 Å². The average Bonchev–Trinajstić information content (AvgIpc) is 2.77. The third-order valence-electron chi connectivity index (χ3n) is 2.93. The quantitative estimate of drug-likeness (QED) is 0.905. The SMILES string of the molecule is CC(C)c1ccn(-c2cccc(F)c2[C@H](C)N)n1. The maximum atomic E-state index is 13.8. The third-order valence-corrected chi connectivity index (χ3v) is 2.93. The molecule has 96 valence electrons. The van der Waals surface area contributed by atoms with Crippen molar-refractivity contribution in [1.82, 2.24) is 9.78 Å². The Morgan fingerprint density at radius 2 is 1.94 bits per heavy atom. The molecule has 0 bridgehead atoms. The van der Waals surface area contributed by atoms with Crippen molar-refractivity contribution in [3.05, 3.63) is 47.5 Å². The molecule has 0 saturated carbocycles. The third kappa shape index (κ3) is 2.29. The molecule has 2 aromatic rings. The van der Waals surface area contributed by atoms with Gasteiger partial charge in [-0.05, 0) is 31.0 Å². The van der Waals surface area contributed by atoms with E-state index in [1.807, 2.05) is 18.3 Å². The molecule has 1 aromatic heterocycles. The number of hydrogen-bond donors (Lipinski definition) is 1. The molecule has 0 fully saturated rings. The zero-order chi connectivity index (χ0) is 13.3. The molecule has 0 saturated heterocycles. The van der Waals surface area contributed by atoms with E-state index in [4.69, 9.17) is 5.73 Å². The number of hydrogen-bond acceptors (Lipinski definition) is 2. The van der Waals surface area contributed by atoms with E-state index in [-0.39, 0.29) is 11.9 Å². The van der Waals surface area contributed by atoms with Crippen molar-refractivity contribution in [3.8, 4) is 5.69 Å². The first-order chi connectivity index (χ1) is 8.50. The van der Waals surface area contributed by atoms with E-state index in [1.54, 1.807) is 17.7 Å². The van der Waals surface area contributed by atoms with Gasteiger partial charge in [-0.1, -0.05) is 19.9 Å². The monoisotopic (exact) mass is 247 g/mol. The molecule has 1 aromatic carbocycles. The average molecular weight is 247 g/mol. The normalized spacial score (nSPS) is 13.0. The molecule has 0 aliphatic heterocycles. The fourth-order valence-electron chi connectivity index (χ4n) is 1.96. The van der Waals surface area contributed by atoms with Crippen LogP contribution >= 0.6 is 0 Å². The molecule has 2 rings (SSSR count). The smallest absolute Gasteiger partial charge is 0.130 e. The summed E-state index contributed by atoms with van der Waals surface area (Å²) in [5.41, 5.74) is 8.02. The van der Waals surface area contributed by atoms with Crippen molar-refractivity contribution in [3.63, 3.8) is 0 Å². The lowest BCUT2D eigenvalue weighted by Gasteiger charge is -2.13. The van der Waals surface area contributed by atoms with Gasteiger partial charge in [0.1, 0.15) is 5.82 Å². The van der Waals surface area contributed by atoms with Crippen LogP contribution in [0.2, 0.25) is 0 Å². The van der Waals surface area contributed by atoms with E-state index in [0.29, 0.717) is 17.2 Å². The molecule has 0 unspecified atom stereocenters. The summed E-state index contributed by atoms with van der Waals surface area (Å²) in [4.78, 5) is 0. The Morgan fingerprint density at radius 1 is 1.22 bits per heavy atom. The van der Waals surface area contributed by atoms with E-state index >= 15 is 0 Å². The molecule has 2 N–H and O–H groups in total. The standard InChI is InChI=1S/C14H18FN3/c1-9(2)12-7-8-18(17-12)13-6-4-5-11(15)14(13)10(3)16/h4-10H,16H2,1-3H3/t10-/m0/s1. The minimum Gasteiger partial charge on any atom is -0.324 e. The molecule has 1 heterocycles. The van der Waals surface area contributed by atoms with Crippen LogP contribution in [0, 0.1) is 5.82 Å². The minimum atomic E-state index is -0.368. The molecular weight excluding hydrogens is 229 g/mol. The van der Waals surface area contributed by atoms with E-state index in [0.717, 1.165) is 5.69 Å². The van der Waals surface area contributed by atoms with Crippen LogP contribution in [0.3, 0.4) is 0 Å². The lowest BCUT2D eigenvalue weighted by molar-refractivity contribution is 0.588. The Bertz CT molecular complexity index is 544.